The lowest BCUT2D eigenvalue weighted by Gasteiger charge is -2.10. The molecule has 0 aliphatic rings. The lowest BCUT2D eigenvalue weighted by atomic mass is 10.2. The van der Waals surface area contributed by atoms with Crippen LogP contribution in [0.2, 0.25) is 0 Å². The molecule has 1 unspecified atom stereocenters. The highest BCUT2D eigenvalue weighted by molar-refractivity contribution is 5.77. The molecule has 4 rings (SSSR count). The summed E-state index contributed by atoms with van der Waals surface area (Å²) < 4.78 is 23.1. The molecule has 7 heteroatoms. The Kier molecular flexibility index (Phi) is 6.11. The van der Waals surface area contributed by atoms with Gasteiger partial charge in [-0.3, -0.25) is 0 Å². The number of hydrogen-bond donors (Lipinski definition) is 0. The van der Waals surface area contributed by atoms with Gasteiger partial charge in [-0.25, -0.2) is 0 Å². The van der Waals surface area contributed by atoms with E-state index in [-0.39, 0.29) is 0 Å². The van der Waals surface area contributed by atoms with Gasteiger partial charge in [0.1, 0.15) is 17.1 Å². The zero-order valence-electron chi connectivity index (χ0n) is 17.4. The van der Waals surface area contributed by atoms with Gasteiger partial charge in [0.2, 0.25) is 5.89 Å². The number of ether oxygens (including phenoxy) is 2. The molecular formula is C23H25N3O4. The van der Waals surface area contributed by atoms with Gasteiger partial charge in [-0.15, -0.1) is 10.2 Å². The standard InChI is InChI=1S/C23H25N3O4/c1-26(2)13-6-14-28-18-11-9-16(10-12-18)22-24-25-23(30-22)21(27-3)20-15-17-7-4-5-8-19(17)29-20/h4-5,7-12,15,21H,6,13-14H2,1-3H3. The van der Waals surface area contributed by atoms with E-state index in [2.05, 4.69) is 29.2 Å². The van der Waals surface area contributed by atoms with E-state index in [9.17, 15) is 0 Å². The van der Waals surface area contributed by atoms with Crippen LogP contribution in [-0.2, 0) is 4.74 Å². The summed E-state index contributed by atoms with van der Waals surface area (Å²) in [7, 11) is 5.69. The Balaban J connectivity index is 1.46. The number of benzene rings is 2. The maximum Gasteiger partial charge on any atom is 0.253 e. The zero-order valence-corrected chi connectivity index (χ0v) is 17.4. The molecule has 0 amide bonds. The van der Waals surface area contributed by atoms with Crippen LogP contribution in [0.1, 0.15) is 24.2 Å². The molecule has 156 valence electrons. The van der Waals surface area contributed by atoms with Crippen molar-refractivity contribution >= 4 is 11.0 Å². The molecule has 1 atom stereocenters. The first-order chi connectivity index (χ1) is 14.6. The minimum Gasteiger partial charge on any atom is -0.494 e. The van der Waals surface area contributed by atoms with Crippen LogP contribution in [0.4, 0.5) is 0 Å². The number of hydrogen-bond acceptors (Lipinski definition) is 7. The van der Waals surface area contributed by atoms with Gasteiger partial charge in [0, 0.05) is 24.6 Å². The third kappa shape index (κ3) is 4.53. The van der Waals surface area contributed by atoms with Crippen LogP contribution >= 0.6 is 0 Å². The third-order valence-electron chi connectivity index (χ3n) is 4.72. The molecule has 4 aromatic rings. The van der Waals surface area contributed by atoms with Gasteiger partial charge in [-0.05, 0) is 56.9 Å². The summed E-state index contributed by atoms with van der Waals surface area (Å²) in [5, 5.41) is 9.34. The maximum absolute atomic E-state index is 5.90. The third-order valence-corrected chi connectivity index (χ3v) is 4.72. The van der Waals surface area contributed by atoms with E-state index in [1.54, 1.807) is 7.11 Å². The average molecular weight is 407 g/mol. The van der Waals surface area contributed by atoms with E-state index in [0.717, 1.165) is 35.2 Å². The minimum absolute atomic E-state index is 0.343. The Morgan fingerprint density at radius 2 is 1.80 bits per heavy atom. The zero-order chi connectivity index (χ0) is 20.9. The first kappa shape index (κ1) is 20.1. The number of nitrogens with zero attached hydrogens (tertiary/aromatic N) is 3. The summed E-state index contributed by atoms with van der Waals surface area (Å²) >= 11 is 0. The molecule has 0 spiro atoms. The summed E-state index contributed by atoms with van der Waals surface area (Å²) in [6.45, 7) is 1.67. The molecule has 0 saturated carbocycles. The summed E-state index contributed by atoms with van der Waals surface area (Å²) in [4.78, 5) is 2.14. The van der Waals surface area contributed by atoms with Crippen LogP contribution in [0, 0.1) is 0 Å². The van der Waals surface area contributed by atoms with Crippen LogP contribution in [0.15, 0.2) is 63.4 Å². The average Bonchev–Trinajstić information content (AvgIpc) is 3.40. The van der Waals surface area contributed by atoms with Crippen LogP contribution in [-0.4, -0.2) is 49.5 Å². The van der Waals surface area contributed by atoms with E-state index >= 15 is 0 Å². The number of para-hydroxylation sites is 1. The molecule has 0 radical (unpaired) electrons. The quantitative estimate of drug-likeness (QED) is 0.377. The van der Waals surface area contributed by atoms with Crippen molar-refractivity contribution in [2.75, 3.05) is 34.4 Å². The van der Waals surface area contributed by atoms with Crippen LogP contribution < -0.4 is 4.74 Å². The Labute approximate surface area is 175 Å². The molecule has 0 fully saturated rings. The number of furan rings is 1. The molecular weight excluding hydrogens is 382 g/mol. The summed E-state index contributed by atoms with van der Waals surface area (Å²) in [5.74, 6) is 2.20. The van der Waals surface area contributed by atoms with Gasteiger partial charge < -0.3 is 23.2 Å². The first-order valence-electron chi connectivity index (χ1n) is 9.86. The van der Waals surface area contributed by atoms with E-state index < -0.39 is 6.10 Å². The Hall–Kier alpha value is -3.16. The fraction of sp³-hybridized carbons (Fsp3) is 0.304. The fourth-order valence-electron chi connectivity index (χ4n) is 3.19. The Morgan fingerprint density at radius 3 is 2.53 bits per heavy atom. The molecule has 7 nitrogen and oxygen atoms in total. The molecule has 0 saturated heterocycles. The van der Waals surface area contributed by atoms with Crippen LogP contribution in [0.25, 0.3) is 22.4 Å². The summed E-state index contributed by atoms with van der Waals surface area (Å²) in [6.07, 6.45) is 0.403. The van der Waals surface area contributed by atoms with Crippen molar-refractivity contribution in [2.24, 2.45) is 0 Å². The maximum atomic E-state index is 5.90. The second kappa shape index (κ2) is 9.11. The smallest absolute Gasteiger partial charge is 0.253 e. The fourth-order valence-corrected chi connectivity index (χ4v) is 3.19. The van der Waals surface area contributed by atoms with Gasteiger partial charge >= 0.3 is 0 Å². The highest BCUT2D eigenvalue weighted by atomic mass is 16.5. The van der Waals surface area contributed by atoms with Crippen LogP contribution in [0.3, 0.4) is 0 Å². The molecule has 0 aliphatic heterocycles. The van der Waals surface area contributed by atoms with Crippen molar-refractivity contribution in [3.8, 4) is 17.2 Å². The van der Waals surface area contributed by atoms with Crippen molar-refractivity contribution < 1.29 is 18.3 Å². The van der Waals surface area contributed by atoms with Crippen molar-refractivity contribution in [3.05, 3.63) is 66.2 Å². The van der Waals surface area contributed by atoms with Gasteiger partial charge in [0.05, 0.1) is 6.61 Å². The second-order valence-electron chi connectivity index (χ2n) is 7.28. The highest BCUT2D eigenvalue weighted by Gasteiger charge is 2.24. The number of fused-ring (bicyclic) bond motifs is 1. The van der Waals surface area contributed by atoms with Gasteiger partial charge in [-0.1, -0.05) is 18.2 Å². The predicted octanol–water partition coefficient (Wildman–Crippen LogP) is 4.55. The summed E-state index contributed by atoms with van der Waals surface area (Å²) in [5.41, 5.74) is 1.60. The molecule has 0 N–H and O–H groups in total. The Bertz CT molecular complexity index is 1050. The lowest BCUT2D eigenvalue weighted by molar-refractivity contribution is 0.0948. The molecule has 30 heavy (non-hydrogen) atoms. The number of methoxy groups -OCH3 is 1. The van der Waals surface area contributed by atoms with Crippen LogP contribution in [0.5, 0.6) is 5.75 Å². The van der Waals surface area contributed by atoms with E-state index in [1.807, 2.05) is 54.6 Å². The Morgan fingerprint density at radius 1 is 1.00 bits per heavy atom. The molecule has 2 aromatic heterocycles. The normalized spacial score (nSPS) is 12.5. The largest absolute Gasteiger partial charge is 0.494 e. The van der Waals surface area contributed by atoms with Crippen molar-refractivity contribution in [2.45, 2.75) is 12.5 Å². The summed E-state index contributed by atoms with van der Waals surface area (Å²) in [6, 6.07) is 17.3. The van der Waals surface area contributed by atoms with Crippen molar-refractivity contribution in [3.63, 3.8) is 0 Å². The lowest BCUT2D eigenvalue weighted by Crippen LogP contribution is -2.15. The van der Waals surface area contributed by atoms with Gasteiger partial charge in [0.15, 0.2) is 6.10 Å². The van der Waals surface area contributed by atoms with Crippen molar-refractivity contribution in [1.29, 1.82) is 0 Å². The number of aromatic nitrogens is 2. The number of rotatable bonds is 9. The van der Waals surface area contributed by atoms with E-state index in [1.165, 1.54) is 0 Å². The van der Waals surface area contributed by atoms with E-state index in [0.29, 0.717) is 24.1 Å². The second-order valence-corrected chi connectivity index (χ2v) is 7.28. The van der Waals surface area contributed by atoms with E-state index in [4.69, 9.17) is 18.3 Å². The predicted molar refractivity (Wildman–Crippen MR) is 113 cm³/mol. The molecule has 0 aliphatic carbocycles. The molecule has 0 bridgehead atoms. The van der Waals surface area contributed by atoms with Gasteiger partial charge in [-0.2, -0.15) is 0 Å². The van der Waals surface area contributed by atoms with Crippen molar-refractivity contribution in [1.82, 2.24) is 15.1 Å². The molecule has 2 aromatic carbocycles. The minimum atomic E-state index is -0.571. The van der Waals surface area contributed by atoms with Gasteiger partial charge in [0.25, 0.3) is 5.89 Å². The molecule has 2 heterocycles. The SMILES string of the molecule is COC(c1cc2ccccc2o1)c1nnc(-c2ccc(OCCCN(C)C)cc2)o1. The monoisotopic (exact) mass is 407 g/mol. The highest BCUT2D eigenvalue weighted by Crippen LogP contribution is 2.31. The topological polar surface area (TPSA) is 73.8 Å². The first-order valence-corrected chi connectivity index (χ1v) is 9.86.